The number of aryl methyl sites for hydroxylation is 1. The molecule has 166 valence electrons. The van der Waals surface area contributed by atoms with Gasteiger partial charge in [-0.05, 0) is 53.8 Å². The summed E-state index contributed by atoms with van der Waals surface area (Å²) in [6.45, 7) is 2.00. The molecule has 0 saturated carbocycles. The van der Waals surface area contributed by atoms with E-state index in [0.29, 0.717) is 0 Å². The maximum Gasteiger partial charge on any atom is 0.178 e. The van der Waals surface area contributed by atoms with Crippen molar-refractivity contribution in [2.75, 3.05) is 14.2 Å². The number of aliphatic hydroxyl groups is 1. The van der Waals surface area contributed by atoms with Gasteiger partial charge >= 0.3 is 0 Å². The number of fused-ring (bicyclic) bond motifs is 3. The highest BCUT2D eigenvalue weighted by molar-refractivity contribution is 5.96. The molecule has 4 nitrogen and oxygen atoms in total. The van der Waals surface area contributed by atoms with E-state index in [1.165, 1.54) is 0 Å². The van der Waals surface area contributed by atoms with Crippen LogP contribution in [0.4, 0.5) is 0 Å². The van der Waals surface area contributed by atoms with E-state index in [-0.39, 0.29) is 6.61 Å². The molecule has 0 radical (unpaired) electrons. The number of hydrogen-bond acceptors (Lipinski definition) is 4. The Kier molecular flexibility index (Phi) is 5.31. The molecule has 4 heteroatoms. The van der Waals surface area contributed by atoms with Crippen LogP contribution < -0.4 is 14.2 Å². The Labute approximate surface area is 193 Å². The van der Waals surface area contributed by atoms with Crippen molar-refractivity contribution in [3.8, 4) is 17.2 Å². The van der Waals surface area contributed by atoms with Crippen LogP contribution in [-0.4, -0.2) is 19.3 Å². The molecule has 0 aliphatic carbocycles. The molecule has 1 aliphatic rings. The predicted octanol–water partition coefficient (Wildman–Crippen LogP) is 6.01. The highest BCUT2D eigenvalue weighted by Gasteiger charge is 2.38. The molecular formula is C29H26O4. The molecule has 1 N–H and O–H groups in total. The molecule has 0 spiro atoms. The second-order valence-electron chi connectivity index (χ2n) is 8.18. The second kappa shape index (κ2) is 8.30. The Balaban J connectivity index is 1.77. The average Bonchev–Trinajstić information content (AvgIpc) is 2.89. The molecule has 0 atom stereocenters. The fourth-order valence-corrected chi connectivity index (χ4v) is 4.69. The van der Waals surface area contributed by atoms with Crippen molar-refractivity contribution in [1.29, 1.82) is 0 Å². The van der Waals surface area contributed by atoms with E-state index in [2.05, 4.69) is 31.2 Å². The molecule has 0 bridgehead atoms. The topological polar surface area (TPSA) is 47.9 Å². The molecule has 0 unspecified atom stereocenters. The number of methoxy groups -OCH3 is 2. The van der Waals surface area contributed by atoms with Gasteiger partial charge in [0, 0.05) is 22.1 Å². The van der Waals surface area contributed by atoms with Gasteiger partial charge in [0.1, 0.15) is 17.2 Å². The lowest BCUT2D eigenvalue weighted by atomic mass is 9.82. The lowest BCUT2D eigenvalue weighted by molar-refractivity contribution is 0.162. The third-order valence-electron chi connectivity index (χ3n) is 6.54. The van der Waals surface area contributed by atoms with Crippen molar-refractivity contribution < 1.29 is 19.3 Å². The number of benzene rings is 4. The van der Waals surface area contributed by atoms with Crippen molar-refractivity contribution in [2.24, 2.45) is 0 Å². The summed E-state index contributed by atoms with van der Waals surface area (Å²) in [4.78, 5) is 0. The van der Waals surface area contributed by atoms with Gasteiger partial charge in [-0.3, -0.25) is 0 Å². The summed E-state index contributed by atoms with van der Waals surface area (Å²) >= 11 is 0. The van der Waals surface area contributed by atoms with Gasteiger partial charge in [0.05, 0.1) is 20.8 Å². The minimum atomic E-state index is -0.851. The van der Waals surface area contributed by atoms with Gasteiger partial charge in [-0.1, -0.05) is 54.6 Å². The van der Waals surface area contributed by atoms with Crippen molar-refractivity contribution in [3.05, 3.63) is 107 Å². The van der Waals surface area contributed by atoms with Crippen molar-refractivity contribution >= 4 is 16.8 Å². The monoisotopic (exact) mass is 438 g/mol. The van der Waals surface area contributed by atoms with E-state index in [1.54, 1.807) is 14.2 Å². The lowest BCUT2D eigenvalue weighted by Gasteiger charge is -2.37. The van der Waals surface area contributed by atoms with Crippen LogP contribution in [0.2, 0.25) is 0 Å². The SMILES string of the molecule is COc1ccc(C2(c3ccc(OC)cc3)C=Cc3c(CO)c(C)c4ccccc4c3O2)cc1. The Morgan fingerprint density at radius 3 is 1.85 bits per heavy atom. The summed E-state index contributed by atoms with van der Waals surface area (Å²) in [5.74, 6) is 2.34. The van der Waals surface area contributed by atoms with Gasteiger partial charge in [0.25, 0.3) is 0 Å². The summed E-state index contributed by atoms with van der Waals surface area (Å²) < 4.78 is 17.7. The lowest BCUT2D eigenvalue weighted by Crippen LogP contribution is -2.34. The summed E-state index contributed by atoms with van der Waals surface area (Å²) in [7, 11) is 3.32. The quantitative estimate of drug-likeness (QED) is 0.415. The van der Waals surface area contributed by atoms with Crippen LogP contribution >= 0.6 is 0 Å². The standard InChI is InChI=1S/C29H26O4/c1-19-24-6-4-5-7-25(24)28-26(27(19)18-30)16-17-29(33-28,20-8-12-22(31-2)13-9-20)21-10-14-23(32-3)15-11-21/h4-17,30H,18H2,1-3H3. The van der Waals surface area contributed by atoms with Gasteiger partial charge in [-0.15, -0.1) is 0 Å². The van der Waals surface area contributed by atoms with Crippen molar-refractivity contribution in [3.63, 3.8) is 0 Å². The van der Waals surface area contributed by atoms with Crippen LogP contribution in [0, 0.1) is 6.92 Å². The maximum atomic E-state index is 10.2. The first-order chi connectivity index (χ1) is 16.1. The summed E-state index contributed by atoms with van der Waals surface area (Å²) in [6, 6.07) is 24.1. The first kappa shape index (κ1) is 21.1. The first-order valence-electron chi connectivity index (χ1n) is 10.9. The number of hydrogen-bond donors (Lipinski definition) is 1. The van der Waals surface area contributed by atoms with Crippen LogP contribution in [0.5, 0.6) is 17.2 Å². The van der Waals surface area contributed by atoms with E-state index in [0.717, 1.165) is 55.8 Å². The highest BCUT2D eigenvalue weighted by Crippen LogP contribution is 2.47. The molecular weight excluding hydrogens is 412 g/mol. The molecule has 1 aliphatic heterocycles. The van der Waals surface area contributed by atoms with E-state index < -0.39 is 5.60 Å². The summed E-state index contributed by atoms with van der Waals surface area (Å²) in [6.07, 6.45) is 4.16. The molecule has 0 saturated heterocycles. The number of ether oxygens (including phenoxy) is 3. The highest BCUT2D eigenvalue weighted by atomic mass is 16.5. The van der Waals surface area contributed by atoms with Crippen LogP contribution in [0.3, 0.4) is 0 Å². The molecule has 5 rings (SSSR count). The Hall–Kier alpha value is -3.76. The molecule has 0 aromatic heterocycles. The predicted molar refractivity (Wildman–Crippen MR) is 131 cm³/mol. The summed E-state index contributed by atoms with van der Waals surface area (Å²) in [5, 5.41) is 12.3. The minimum Gasteiger partial charge on any atom is -0.497 e. The molecule has 4 aromatic rings. The average molecular weight is 439 g/mol. The largest absolute Gasteiger partial charge is 0.497 e. The molecule has 33 heavy (non-hydrogen) atoms. The van der Waals surface area contributed by atoms with Crippen LogP contribution in [0.15, 0.2) is 78.9 Å². The Bertz CT molecular complexity index is 1290. The molecule has 1 heterocycles. The van der Waals surface area contributed by atoms with E-state index >= 15 is 0 Å². The Morgan fingerprint density at radius 1 is 0.788 bits per heavy atom. The molecule has 0 fully saturated rings. The van der Waals surface area contributed by atoms with Crippen molar-refractivity contribution in [1.82, 2.24) is 0 Å². The smallest absolute Gasteiger partial charge is 0.178 e. The van der Waals surface area contributed by atoms with E-state index in [4.69, 9.17) is 14.2 Å². The van der Waals surface area contributed by atoms with Crippen molar-refractivity contribution in [2.45, 2.75) is 19.1 Å². The van der Waals surface area contributed by atoms with Gasteiger partial charge in [0.15, 0.2) is 5.60 Å². The fraction of sp³-hybridized carbons (Fsp3) is 0.172. The Morgan fingerprint density at radius 2 is 1.33 bits per heavy atom. The zero-order chi connectivity index (χ0) is 23.0. The third-order valence-corrected chi connectivity index (χ3v) is 6.54. The van der Waals surface area contributed by atoms with Gasteiger partial charge in [-0.25, -0.2) is 0 Å². The number of rotatable bonds is 5. The number of aliphatic hydroxyl groups excluding tert-OH is 1. The minimum absolute atomic E-state index is 0.0508. The molecule has 4 aromatic carbocycles. The summed E-state index contributed by atoms with van der Waals surface area (Å²) in [5.41, 5.74) is 3.98. The molecule has 0 amide bonds. The zero-order valence-corrected chi connectivity index (χ0v) is 19.0. The van der Waals surface area contributed by atoms with Crippen LogP contribution in [0.1, 0.15) is 27.8 Å². The third kappa shape index (κ3) is 3.35. The normalized spacial score (nSPS) is 13.9. The van der Waals surface area contributed by atoms with Gasteiger partial charge in [-0.2, -0.15) is 0 Å². The fourth-order valence-electron chi connectivity index (χ4n) is 4.69. The van der Waals surface area contributed by atoms with E-state index in [1.807, 2.05) is 60.7 Å². The second-order valence-corrected chi connectivity index (χ2v) is 8.18. The van der Waals surface area contributed by atoms with Crippen LogP contribution in [0.25, 0.3) is 16.8 Å². The zero-order valence-electron chi connectivity index (χ0n) is 19.0. The van der Waals surface area contributed by atoms with E-state index in [9.17, 15) is 5.11 Å². The maximum absolute atomic E-state index is 10.2. The van der Waals surface area contributed by atoms with Gasteiger partial charge in [0.2, 0.25) is 0 Å². The van der Waals surface area contributed by atoms with Gasteiger partial charge < -0.3 is 19.3 Å². The van der Waals surface area contributed by atoms with Crippen LogP contribution in [-0.2, 0) is 12.2 Å². The first-order valence-corrected chi connectivity index (χ1v) is 10.9.